The van der Waals surface area contributed by atoms with Crippen LogP contribution >= 0.6 is 12.4 Å². The first-order chi connectivity index (χ1) is 7.27. The molecule has 0 bridgehead atoms. The van der Waals surface area contributed by atoms with Gasteiger partial charge in [0.2, 0.25) is 5.91 Å². The number of primary amides is 1. The maximum absolute atomic E-state index is 10.9. The van der Waals surface area contributed by atoms with E-state index in [9.17, 15) is 4.79 Å². The summed E-state index contributed by atoms with van der Waals surface area (Å²) < 4.78 is 0. The molecule has 0 unspecified atom stereocenters. The van der Waals surface area contributed by atoms with Crippen LogP contribution in [0.15, 0.2) is 54.6 Å². The molecule has 2 aromatic rings. The fourth-order valence-electron chi connectivity index (χ4n) is 1.46. The normalized spacial score (nSPS) is 9.25. The highest BCUT2D eigenvalue weighted by atomic mass is 35.5. The lowest BCUT2D eigenvalue weighted by Gasteiger charge is -2.01. The summed E-state index contributed by atoms with van der Waals surface area (Å²) in [5, 5.41) is 0. The molecule has 0 aliphatic carbocycles. The second kappa shape index (κ2) is 5.33. The monoisotopic (exact) mass is 233 g/mol. The highest BCUT2D eigenvalue weighted by Crippen LogP contribution is 2.18. The van der Waals surface area contributed by atoms with Gasteiger partial charge >= 0.3 is 0 Å². The summed E-state index contributed by atoms with van der Waals surface area (Å²) in [6.07, 6.45) is 0. The fraction of sp³-hybridized carbons (Fsp3) is 0. The van der Waals surface area contributed by atoms with Crippen molar-refractivity contribution in [3.8, 4) is 11.1 Å². The van der Waals surface area contributed by atoms with E-state index in [2.05, 4.69) is 0 Å². The van der Waals surface area contributed by atoms with Crippen molar-refractivity contribution in [1.82, 2.24) is 0 Å². The lowest BCUT2D eigenvalue weighted by atomic mass is 10.0. The molecule has 1 amide bonds. The molecule has 0 aromatic heterocycles. The molecule has 2 rings (SSSR count). The molecule has 0 saturated carbocycles. The molecule has 0 aliphatic rings. The molecule has 0 spiro atoms. The van der Waals surface area contributed by atoms with E-state index in [1.807, 2.05) is 42.5 Å². The molecule has 0 saturated heterocycles. The molecule has 0 aliphatic heterocycles. The summed E-state index contributed by atoms with van der Waals surface area (Å²) in [7, 11) is 0. The Bertz CT molecular complexity index is 465. The van der Waals surface area contributed by atoms with Gasteiger partial charge < -0.3 is 5.73 Å². The van der Waals surface area contributed by atoms with Crippen LogP contribution in [0, 0.1) is 0 Å². The van der Waals surface area contributed by atoms with Crippen LogP contribution in [0.25, 0.3) is 11.1 Å². The van der Waals surface area contributed by atoms with E-state index in [0.717, 1.165) is 11.1 Å². The van der Waals surface area contributed by atoms with Gasteiger partial charge in [-0.3, -0.25) is 4.79 Å². The van der Waals surface area contributed by atoms with E-state index in [0.29, 0.717) is 5.56 Å². The van der Waals surface area contributed by atoms with Gasteiger partial charge in [0.25, 0.3) is 0 Å². The van der Waals surface area contributed by atoms with E-state index in [4.69, 9.17) is 5.73 Å². The maximum atomic E-state index is 10.9. The minimum Gasteiger partial charge on any atom is -0.366 e. The van der Waals surface area contributed by atoms with Crippen molar-refractivity contribution in [2.45, 2.75) is 0 Å². The van der Waals surface area contributed by atoms with Crippen molar-refractivity contribution < 1.29 is 4.79 Å². The summed E-state index contributed by atoms with van der Waals surface area (Å²) in [5.74, 6) is -0.394. The number of halogens is 1. The number of carbonyl (C=O) groups is 1. The van der Waals surface area contributed by atoms with Crippen LogP contribution in [0.2, 0.25) is 0 Å². The molecule has 82 valence electrons. The lowest BCUT2D eigenvalue weighted by molar-refractivity contribution is 0.100. The summed E-state index contributed by atoms with van der Waals surface area (Å²) in [6.45, 7) is 0. The fourth-order valence-corrected chi connectivity index (χ4v) is 1.46. The highest BCUT2D eigenvalue weighted by Gasteiger charge is 2.00. The van der Waals surface area contributed by atoms with Gasteiger partial charge in [-0.1, -0.05) is 42.5 Å². The molecular formula is C13H12ClNO. The van der Waals surface area contributed by atoms with Crippen LogP contribution in [0.3, 0.4) is 0 Å². The van der Waals surface area contributed by atoms with Crippen LogP contribution < -0.4 is 5.73 Å². The van der Waals surface area contributed by atoms with Gasteiger partial charge in [0.15, 0.2) is 0 Å². The molecule has 0 radical (unpaired) electrons. The third-order valence-corrected chi connectivity index (χ3v) is 2.28. The van der Waals surface area contributed by atoms with E-state index in [1.165, 1.54) is 0 Å². The Labute approximate surface area is 101 Å². The topological polar surface area (TPSA) is 43.1 Å². The molecule has 0 atom stereocenters. The first kappa shape index (κ1) is 12.3. The summed E-state index contributed by atoms with van der Waals surface area (Å²) in [5.41, 5.74) is 7.92. The minimum atomic E-state index is -0.394. The number of hydrogen-bond acceptors (Lipinski definition) is 1. The van der Waals surface area contributed by atoms with Crippen LogP contribution in [-0.4, -0.2) is 5.91 Å². The largest absolute Gasteiger partial charge is 0.366 e. The van der Waals surface area contributed by atoms with Gasteiger partial charge in [0, 0.05) is 5.56 Å². The van der Waals surface area contributed by atoms with Gasteiger partial charge in [-0.2, -0.15) is 0 Å². The van der Waals surface area contributed by atoms with Crippen LogP contribution in [0.1, 0.15) is 10.4 Å². The predicted octanol–water partition coefficient (Wildman–Crippen LogP) is 2.87. The summed E-state index contributed by atoms with van der Waals surface area (Å²) in [6, 6.07) is 17.3. The zero-order chi connectivity index (χ0) is 10.7. The van der Waals surface area contributed by atoms with Gasteiger partial charge in [-0.05, 0) is 23.3 Å². The Morgan fingerprint density at radius 1 is 0.812 bits per heavy atom. The second-order valence-corrected chi connectivity index (χ2v) is 3.31. The first-order valence-electron chi connectivity index (χ1n) is 4.72. The van der Waals surface area contributed by atoms with Crippen molar-refractivity contribution in [2.75, 3.05) is 0 Å². The molecule has 0 fully saturated rings. The zero-order valence-corrected chi connectivity index (χ0v) is 9.41. The van der Waals surface area contributed by atoms with Crippen molar-refractivity contribution in [1.29, 1.82) is 0 Å². The minimum absolute atomic E-state index is 0. The Hall–Kier alpha value is -1.80. The average molecular weight is 234 g/mol. The van der Waals surface area contributed by atoms with E-state index in [-0.39, 0.29) is 12.4 Å². The Kier molecular flexibility index (Phi) is 4.09. The highest BCUT2D eigenvalue weighted by molar-refractivity contribution is 5.93. The average Bonchev–Trinajstić information content (AvgIpc) is 2.30. The van der Waals surface area contributed by atoms with Crippen LogP contribution in [0.5, 0.6) is 0 Å². The Morgan fingerprint density at radius 2 is 1.31 bits per heavy atom. The Balaban J connectivity index is 0.00000128. The van der Waals surface area contributed by atoms with Crippen LogP contribution in [-0.2, 0) is 0 Å². The third-order valence-electron chi connectivity index (χ3n) is 2.28. The molecular weight excluding hydrogens is 222 g/mol. The number of carbonyl (C=O) groups excluding carboxylic acids is 1. The lowest BCUT2D eigenvalue weighted by Crippen LogP contribution is -2.10. The molecule has 0 heterocycles. The summed E-state index contributed by atoms with van der Waals surface area (Å²) >= 11 is 0. The molecule has 16 heavy (non-hydrogen) atoms. The molecule has 2 N–H and O–H groups in total. The maximum Gasteiger partial charge on any atom is 0.248 e. The van der Waals surface area contributed by atoms with Gasteiger partial charge in [0.1, 0.15) is 0 Å². The standard InChI is InChI=1S/C13H11NO.ClH/c14-13(15)12-8-6-11(7-9-12)10-4-2-1-3-5-10;/h1-9H,(H2,14,15);1H. The van der Waals surface area contributed by atoms with Crippen molar-refractivity contribution in [3.05, 3.63) is 60.2 Å². The number of hydrogen-bond donors (Lipinski definition) is 1. The Morgan fingerprint density at radius 3 is 1.81 bits per heavy atom. The zero-order valence-electron chi connectivity index (χ0n) is 8.59. The second-order valence-electron chi connectivity index (χ2n) is 3.31. The molecule has 2 aromatic carbocycles. The smallest absolute Gasteiger partial charge is 0.248 e. The SMILES string of the molecule is Cl.NC(=O)c1ccc(-c2ccccc2)cc1. The quantitative estimate of drug-likeness (QED) is 0.852. The van der Waals surface area contributed by atoms with Crippen molar-refractivity contribution in [2.24, 2.45) is 5.73 Å². The van der Waals surface area contributed by atoms with Gasteiger partial charge in [-0.15, -0.1) is 12.4 Å². The number of rotatable bonds is 2. The number of nitrogens with two attached hydrogens (primary N) is 1. The van der Waals surface area contributed by atoms with Gasteiger partial charge in [0.05, 0.1) is 0 Å². The van der Waals surface area contributed by atoms with E-state index in [1.54, 1.807) is 12.1 Å². The predicted molar refractivity (Wildman–Crippen MR) is 67.6 cm³/mol. The first-order valence-corrected chi connectivity index (χ1v) is 4.72. The van der Waals surface area contributed by atoms with E-state index < -0.39 is 5.91 Å². The van der Waals surface area contributed by atoms with Gasteiger partial charge in [-0.25, -0.2) is 0 Å². The van der Waals surface area contributed by atoms with Crippen molar-refractivity contribution >= 4 is 18.3 Å². The van der Waals surface area contributed by atoms with Crippen LogP contribution in [0.4, 0.5) is 0 Å². The number of benzene rings is 2. The molecule has 3 heteroatoms. The summed E-state index contributed by atoms with van der Waals surface area (Å²) in [4.78, 5) is 10.9. The molecule has 2 nitrogen and oxygen atoms in total. The van der Waals surface area contributed by atoms with E-state index >= 15 is 0 Å². The number of amides is 1. The van der Waals surface area contributed by atoms with Crippen molar-refractivity contribution in [3.63, 3.8) is 0 Å². The third kappa shape index (κ3) is 2.61.